The molecule has 0 N–H and O–H groups in total. The summed E-state index contributed by atoms with van der Waals surface area (Å²) in [5, 5.41) is 9.26. The fourth-order valence-corrected chi connectivity index (χ4v) is 5.82. The maximum atomic E-state index is 9.87. The Balaban J connectivity index is 0.000000240. The summed E-state index contributed by atoms with van der Waals surface area (Å²) in [4.78, 5) is 0. The van der Waals surface area contributed by atoms with E-state index in [1.165, 1.54) is 11.1 Å². The summed E-state index contributed by atoms with van der Waals surface area (Å²) in [7, 11) is -10.7. The zero-order chi connectivity index (χ0) is 34.0. The number of benzene rings is 3. The van der Waals surface area contributed by atoms with Crippen molar-refractivity contribution < 1.29 is 53.8 Å². The Labute approximate surface area is 287 Å². The molecule has 3 aromatic carbocycles. The summed E-state index contributed by atoms with van der Waals surface area (Å²) in [6.45, 7) is 2.70. The van der Waals surface area contributed by atoms with Crippen molar-refractivity contribution in [2.45, 2.75) is 26.7 Å². The first-order chi connectivity index (χ1) is 22.0. The number of fused-ring (bicyclic) bond motifs is 1. The van der Waals surface area contributed by atoms with Crippen LogP contribution in [0.3, 0.4) is 0 Å². The molecule has 48 heavy (non-hydrogen) atoms. The third kappa shape index (κ3) is 8.35. The summed E-state index contributed by atoms with van der Waals surface area (Å²) >= 11 is 0. The zero-order valence-electron chi connectivity index (χ0n) is 26.2. The van der Waals surface area contributed by atoms with E-state index in [4.69, 9.17) is 4.57 Å². The summed E-state index contributed by atoms with van der Waals surface area (Å²) < 4.78 is 74.6. The number of hydrogen-bond donors (Lipinski definition) is 0. The van der Waals surface area contributed by atoms with Crippen LogP contribution in [0.2, 0.25) is 0 Å². The molecule has 0 aliphatic carbocycles. The molecule has 1 aliphatic rings. The van der Waals surface area contributed by atoms with Gasteiger partial charge in [-0.1, -0.05) is 110 Å². The molecule has 4 heterocycles. The Kier molecular flexibility index (Phi) is 10.1. The topological polar surface area (TPSA) is 53.7 Å². The molecule has 7 nitrogen and oxygen atoms in total. The predicted octanol–water partition coefficient (Wildman–Crippen LogP) is 7.18. The van der Waals surface area contributed by atoms with Crippen molar-refractivity contribution in [2.24, 2.45) is 0 Å². The summed E-state index contributed by atoms with van der Waals surface area (Å²) in [6, 6.07) is 35.1. The van der Waals surface area contributed by atoms with Crippen molar-refractivity contribution in [2.75, 3.05) is 0 Å². The second-order valence-electron chi connectivity index (χ2n) is 11.6. The van der Waals surface area contributed by atoms with Gasteiger partial charge in [0.05, 0.1) is 0 Å². The molecule has 0 radical (unpaired) electrons. The number of hydrogen-bond acceptors (Lipinski definition) is 3. The normalized spacial score (nSPS) is 19.8. The number of nitrogens with zero attached hydrogens (tertiary/aromatic N) is 6. The smallest absolute Gasteiger partial charge is 0.691 e. The van der Waals surface area contributed by atoms with Crippen molar-refractivity contribution >= 4 is 32.0 Å². The van der Waals surface area contributed by atoms with Crippen molar-refractivity contribution in [3.63, 3.8) is 0 Å². The molecular formula is C31H33B2F6N6OPRu. The first-order valence-electron chi connectivity index (χ1n) is 14.8. The van der Waals surface area contributed by atoms with Gasteiger partial charge in [0.2, 0.25) is 0 Å². The van der Waals surface area contributed by atoms with Crippen molar-refractivity contribution in [3.8, 4) is 0 Å². The maximum absolute atomic E-state index is 10.7. The third-order valence-electron chi connectivity index (χ3n) is 7.82. The van der Waals surface area contributed by atoms with Gasteiger partial charge in [-0.2, -0.15) is 0 Å². The molecule has 0 spiro atoms. The third-order valence-corrected chi connectivity index (χ3v) is 7.82. The van der Waals surface area contributed by atoms with Crippen molar-refractivity contribution in [1.82, 2.24) is 24.0 Å². The van der Waals surface area contributed by atoms with Crippen LogP contribution in [-0.4, -0.2) is 37.2 Å². The van der Waals surface area contributed by atoms with Crippen LogP contribution in [0.4, 0.5) is 25.2 Å². The van der Waals surface area contributed by atoms with E-state index in [-0.39, 0.29) is 19.5 Å². The quantitative estimate of drug-likeness (QED) is 0.106. The van der Waals surface area contributed by atoms with Gasteiger partial charge in [-0.05, 0) is 42.9 Å². The SMILES string of the molecule is Cc1ccc(C(C)C)cc1.F[P-](F)(F)(F)(F)F.[Ru+2].c1ccc([B@@-]2(n3cccn3)O[B@-](c3ccccc3)(n3cccn3)[n+]3cccn32)cc1. The minimum atomic E-state index is -10.7. The van der Waals surface area contributed by atoms with Crippen LogP contribution in [0.15, 0.2) is 140 Å². The molecule has 1 aliphatic heterocycles. The molecule has 6 aromatic rings. The van der Waals surface area contributed by atoms with Crippen LogP contribution in [0, 0.1) is 6.92 Å². The monoisotopic (exact) mass is 774 g/mol. The van der Waals surface area contributed by atoms with E-state index in [2.05, 4.69) is 88.7 Å². The predicted molar refractivity (Wildman–Crippen MR) is 174 cm³/mol. The molecule has 0 saturated carbocycles. The molecule has 7 rings (SSSR count). The molecule has 0 fully saturated rings. The number of rotatable bonds is 5. The van der Waals surface area contributed by atoms with E-state index in [1.54, 1.807) is 12.4 Å². The molecule has 17 heteroatoms. The standard InChI is InChI=1S/C21H19B2N6O.C10H14.F6P.Ru/c1-3-10-20(11-4-1)22(26-16-7-14-24-26)28-18-9-19-29(28)23(30-22,27-17-8-15-25-27)21-12-5-2-6-13-21;1-8(2)10-6-4-9(3)5-7-10;1-7(2,3,4,5)6;/h1-19H;4-8H,1-3H3;;/q-1;;-1;+2/t22-,23+;;;. The van der Waals surface area contributed by atoms with Gasteiger partial charge in [-0.15, -0.1) is 5.46 Å². The molecular weight excluding hydrogens is 740 g/mol. The largest absolute Gasteiger partial charge is 2.00 e. The van der Waals surface area contributed by atoms with Crippen LogP contribution in [0.1, 0.15) is 30.9 Å². The van der Waals surface area contributed by atoms with E-state index >= 15 is 0 Å². The van der Waals surface area contributed by atoms with Crippen LogP contribution in [-0.2, 0) is 24.0 Å². The number of aromatic nitrogens is 6. The van der Waals surface area contributed by atoms with Gasteiger partial charge in [0.25, 0.3) is 0 Å². The van der Waals surface area contributed by atoms with E-state index in [0.29, 0.717) is 5.92 Å². The molecule has 2 atom stereocenters. The van der Waals surface area contributed by atoms with Crippen LogP contribution in [0.25, 0.3) is 0 Å². The van der Waals surface area contributed by atoms with E-state index in [0.717, 1.165) is 10.9 Å². The number of halogens is 6. The fourth-order valence-electron chi connectivity index (χ4n) is 5.82. The molecule has 0 bridgehead atoms. The summed E-state index contributed by atoms with van der Waals surface area (Å²) in [5.74, 6) is 0.653. The van der Waals surface area contributed by atoms with Gasteiger partial charge >= 0.3 is 65.7 Å². The van der Waals surface area contributed by atoms with Gasteiger partial charge in [0.1, 0.15) is 6.20 Å². The van der Waals surface area contributed by atoms with Gasteiger partial charge < -0.3 is 22.9 Å². The number of aryl methyl sites for hydroxylation is 1. The Hall–Kier alpha value is -3.99. The molecule has 0 amide bonds. The van der Waals surface area contributed by atoms with Crippen molar-refractivity contribution in [1.29, 1.82) is 0 Å². The minimum absolute atomic E-state index is 0. The molecule has 254 valence electrons. The van der Waals surface area contributed by atoms with Gasteiger partial charge in [-0.25, -0.2) is 10.2 Å². The van der Waals surface area contributed by atoms with Crippen LogP contribution < -0.4 is 15.5 Å². The second-order valence-corrected chi connectivity index (χ2v) is 13.5. The van der Waals surface area contributed by atoms with E-state index < -0.39 is 21.0 Å². The van der Waals surface area contributed by atoms with Crippen LogP contribution >= 0.6 is 7.81 Å². The Morgan fingerprint density at radius 2 is 1.17 bits per heavy atom. The van der Waals surface area contributed by atoms with Gasteiger partial charge in [0.15, 0.2) is 0 Å². The van der Waals surface area contributed by atoms with Crippen LogP contribution in [0.5, 0.6) is 0 Å². The molecule has 0 unspecified atom stereocenters. The van der Waals surface area contributed by atoms with Crippen molar-refractivity contribution in [3.05, 3.63) is 151 Å². The maximum Gasteiger partial charge on any atom is 2.00 e. The second kappa shape index (κ2) is 13.1. The molecule has 0 saturated heterocycles. The van der Waals surface area contributed by atoms with Gasteiger partial charge in [0, 0.05) is 24.7 Å². The Morgan fingerprint density at radius 3 is 1.65 bits per heavy atom. The first-order valence-corrected chi connectivity index (χ1v) is 16.9. The Bertz CT molecular complexity index is 1790. The summed E-state index contributed by atoms with van der Waals surface area (Å²) in [5.41, 5.74) is 4.81. The van der Waals surface area contributed by atoms with E-state index in [1.807, 2.05) is 88.6 Å². The van der Waals surface area contributed by atoms with Gasteiger partial charge in [-0.3, -0.25) is 0 Å². The fraction of sp³-hybridized carbons (Fsp3) is 0.129. The Morgan fingerprint density at radius 1 is 0.667 bits per heavy atom. The van der Waals surface area contributed by atoms with E-state index in [9.17, 15) is 25.2 Å². The molecule has 3 aromatic heterocycles. The summed E-state index contributed by atoms with van der Waals surface area (Å²) in [6.07, 6.45) is 11.6. The average Bonchev–Trinajstić information content (AvgIpc) is 3.83. The minimum Gasteiger partial charge on any atom is -0.691 e. The average molecular weight is 773 g/mol. The zero-order valence-corrected chi connectivity index (χ0v) is 28.8. The first kappa shape index (κ1) is 36.8.